The quantitative estimate of drug-likeness (QED) is 0.472. The van der Waals surface area contributed by atoms with Gasteiger partial charge in [0.1, 0.15) is 22.0 Å². The van der Waals surface area contributed by atoms with E-state index in [-0.39, 0.29) is 11.0 Å². The van der Waals surface area contributed by atoms with Crippen LogP contribution in [0.15, 0.2) is 38.9 Å². The predicted octanol–water partition coefficient (Wildman–Crippen LogP) is 2.67. The van der Waals surface area contributed by atoms with Crippen LogP contribution in [0.25, 0.3) is 11.0 Å². The second kappa shape index (κ2) is 8.02. The van der Waals surface area contributed by atoms with Crippen LogP contribution in [0.1, 0.15) is 32.2 Å². The van der Waals surface area contributed by atoms with Gasteiger partial charge in [-0.3, -0.25) is 13.9 Å². The zero-order chi connectivity index (χ0) is 21.3. The first-order valence-electron chi connectivity index (χ1n) is 9.37. The largest absolute Gasteiger partial charge is 0.497 e. The fourth-order valence-corrected chi connectivity index (χ4v) is 3.93. The van der Waals surface area contributed by atoms with Gasteiger partial charge < -0.3 is 4.74 Å². The van der Waals surface area contributed by atoms with Crippen molar-refractivity contribution < 1.29 is 4.74 Å². The number of methoxy groups -OCH3 is 1. The number of nitrogens with zero attached hydrogens (tertiary/aromatic N) is 4. The van der Waals surface area contributed by atoms with Gasteiger partial charge in [-0.1, -0.05) is 32.9 Å². The van der Waals surface area contributed by atoms with Crippen LogP contribution in [0.3, 0.4) is 0 Å². The second-order valence-electron chi connectivity index (χ2n) is 7.95. The molecule has 154 valence electrons. The highest BCUT2D eigenvalue weighted by atomic mass is 32.2. The first kappa shape index (κ1) is 21.1. The summed E-state index contributed by atoms with van der Waals surface area (Å²) in [4.78, 5) is 34.5. The van der Waals surface area contributed by atoms with Crippen LogP contribution in [0.2, 0.25) is 0 Å². The van der Waals surface area contributed by atoms with Crippen LogP contribution in [0.5, 0.6) is 5.75 Å². The maximum absolute atomic E-state index is 12.8. The molecule has 0 bridgehead atoms. The number of rotatable bonds is 5. The molecule has 3 rings (SSSR count). The summed E-state index contributed by atoms with van der Waals surface area (Å²) in [5, 5.41) is 1.01. The molecule has 1 aromatic carbocycles. The zero-order valence-corrected chi connectivity index (χ0v) is 18.5. The van der Waals surface area contributed by atoms with Crippen molar-refractivity contribution in [2.24, 2.45) is 14.1 Å². The fraction of sp³-hybridized carbons (Fsp3) is 0.429. The Morgan fingerprint density at radius 1 is 1.03 bits per heavy atom. The Morgan fingerprint density at radius 2 is 1.69 bits per heavy atom. The molecule has 0 aliphatic heterocycles. The third-order valence-electron chi connectivity index (χ3n) is 4.73. The molecule has 0 atom stereocenters. The summed E-state index contributed by atoms with van der Waals surface area (Å²) in [5.41, 5.74) is 0.486. The lowest BCUT2D eigenvalue weighted by Crippen LogP contribution is -2.38. The molecular weight excluding hydrogens is 388 g/mol. The van der Waals surface area contributed by atoms with Gasteiger partial charge in [-0.2, -0.15) is 0 Å². The van der Waals surface area contributed by atoms with Crippen LogP contribution in [-0.2, 0) is 25.9 Å². The fourth-order valence-electron chi connectivity index (χ4n) is 2.93. The topological polar surface area (TPSA) is 79.0 Å². The number of hydrogen-bond acceptors (Lipinski definition) is 6. The first-order valence-corrected chi connectivity index (χ1v) is 10.4. The predicted molar refractivity (Wildman–Crippen MR) is 116 cm³/mol. The van der Waals surface area contributed by atoms with Crippen molar-refractivity contribution in [1.82, 2.24) is 19.1 Å². The van der Waals surface area contributed by atoms with Crippen molar-refractivity contribution in [3.63, 3.8) is 0 Å². The van der Waals surface area contributed by atoms with E-state index in [2.05, 4.69) is 4.98 Å². The third-order valence-corrected chi connectivity index (χ3v) is 5.70. The highest BCUT2D eigenvalue weighted by molar-refractivity contribution is 7.99. The van der Waals surface area contributed by atoms with Gasteiger partial charge in [0.05, 0.1) is 7.11 Å². The van der Waals surface area contributed by atoms with E-state index in [4.69, 9.17) is 9.72 Å². The van der Waals surface area contributed by atoms with Crippen molar-refractivity contribution in [2.45, 2.75) is 37.6 Å². The maximum atomic E-state index is 12.8. The Bertz CT molecular complexity index is 1160. The van der Waals surface area contributed by atoms with Crippen molar-refractivity contribution in [2.75, 3.05) is 12.9 Å². The molecule has 0 N–H and O–H groups in total. The maximum Gasteiger partial charge on any atom is 0.332 e. The van der Waals surface area contributed by atoms with E-state index in [0.29, 0.717) is 21.9 Å². The number of fused-ring (bicyclic) bond motifs is 1. The smallest absolute Gasteiger partial charge is 0.332 e. The molecule has 0 saturated heterocycles. The van der Waals surface area contributed by atoms with Gasteiger partial charge in [-0.15, -0.1) is 11.8 Å². The second-order valence-corrected chi connectivity index (χ2v) is 9.04. The summed E-state index contributed by atoms with van der Waals surface area (Å²) in [6.45, 7) is 6.04. The van der Waals surface area contributed by atoms with Crippen LogP contribution in [0, 0.1) is 0 Å². The van der Waals surface area contributed by atoms with Gasteiger partial charge in [0.25, 0.3) is 5.56 Å². The third kappa shape index (κ3) is 4.22. The number of benzene rings is 1. The molecule has 8 heteroatoms. The molecule has 0 aliphatic rings. The summed E-state index contributed by atoms with van der Waals surface area (Å²) >= 11 is 1.51. The molecule has 7 nitrogen and oxygen atoms in total. The van der Waals surface area contributed by atoms with Crippen LogP contribution in [-0.4, -0.2) is 32.0 Å². The van der Waals surface area contributed by atoms with E-state index in [1.807, 2.05) is 45.0 Å². The Kier molecular flexibility index (Phi) is 5.84. The highest BCUT2D eigenvalue weighted by Gasteiger charge is 2.23. The van der Waals surface area contributed by atoms with E-state index in [1.54, 1.807) is 14.2 Å². The molecule has 0 unspecified atom stereocenters. The molecule has 0 radical (unpaired) electrons. The SMILES string of the molecule is COc1ccc(CCSc2nc(C(C)(C)C)nc3c2c(=O)n(C)c(=O)n3C)cc1. The van der Waals surface area contributed by atoms with Gasteiger partial charge >= 0.3 is 5.69 Å². The molecule has 0 saturated carbocycles. The Hall–Kier alpha value is -2.61. The van der Waals surface area contributed by atoms with E-state index in [0.717, 1.165) is 22.5 Å². The Morgan fingerprint density at radius 3 is 2.28 bits per heavy atom. The number of thioether (sulfide) groups is 1. The summed E-state index contributed by atoms with van der Waals surface area (Å²) in [5.74, 6) is 2.18. The standard InChI is InChI=1S/C21H26N4O3S/c1-21(2,3)19-22-16-15(18(26)25(5)20(27)24(16)4)17(23-19)29-12-11-13-7-9-14(28-6)10-8-13/h7-10H,11-12H2,1-6H3. The normalized spacial score (nSPS) is 11.8. The van der Waals surface area contributed by atoms with E-state index < -0.39 is 5.69 Å². The summed E-state index contributed by atoms with van der Waals surface area (Å²) in [6, 6.07) is 7.92. The minimum atomic E-state index is -0.393. The van der Waals surface area contributed by atoms with Gasteiger partial charge in [-0.05, 0) is 24.1 Å². The number of aryl methyl sites for hydroxylation is 2. The summed E-state index contributed by atoms with van der Waals surface area (Å²) < 4.78 is 7.72. The van der Waals surface area contributed by atoms with Crippen molar-refractivity contribution in [3.8, 4) is 5.75 Å². The van der Waals surface area contributed by atoms with Gasteiger partial charge in [-0.25, -0.2) is 14.8 Å². The summed E-state index contributed by atoms with van der Waals surface area (Å²) in [7, 11) is 4.76. The minimum absolute atomic E-state index is 0.309. The lowest BCUT2D eigenvalue weighted by atomic mass is 9.96. The van der Waals surface area contributed by atoms with Crippen molar-refractivity contribution >= 4 is 22.8 Å². The van der Waals surface area contributed by atoms with Gasteiger partial charge in [0.2, 0.25) is 0 Å². The molecule has 2 heterocycles. The zero-order valence-electron chi connectivity index (χ0n) is 17.6. The molecule has 0 aliphatic carbocycles. The molecule has 0 spiro atoms. The van der Waals surface area contributed by atoms with E-state index in [1.165, 1.54) is 28.9 Å². The Labute approximate surface area is 173 Å². The Balaban J connectivity index is 2.02. The van der Waals surface area contributed by atoms with Gasteiger partial charge in [0.15, 0.2) is 5.65 Å². The lowest BCUT2D eigenvalue weighted by Gasteiger charge is -2.19. The van der Waals surface area contributed by atoms with Crippen molar-refractivity contribution in [1.29, 1.82) is 0 Å². The lowest BCUT2D eigenvalue weighted by molar-refractivity contribution is 0.414. The average Bonchev–Trinajstić information content (AvgIpc) is 2.70. The highest BCUT2D eigenvalue weighted by Crippen LogP contribution is 2.27. The van der Waals surface area contributed by atoms with Crippen molar-refractivity contribution in [3.05, 3.63) is 56.5 Å². The molecule has 0 amide bonds. The minimum Gasteiger partial charge on any atom is -0.497 e. The number of aromatic nitrogens is 4. The van der Waals surface area contributed by atoms with E-state index in [9.17, 15) is 9.59 Å². The molecule has 0 fully saturated rings. The summed E-state index contributed by atoms with van der Waals surface area (Å²) in [6.07, 6.45) is 0.817. The average molecular weight is 415 g/mol. The molecule has 2 aromatic heterocycles. The molecule has 29 heavy (non-hydrogen) atoms. The monoisotopic (exact) mass is 414 g/mol. The first-order chi connectivity index (χ1) is 13.6. The van der Waals surface area contributed by atoms with Crippen LogP contribution >= 0.6 is 11.8 Å². The molecular formula is C21H26N4O3S. The van der Waals surface area contributed by atoms with Gasteiger partial charge in [0, 0.05) is 25.3 Å². The number of ether oxygens (including phenoxy) is 1. The van der Waals surface area contributed by atoms with E-state index >= 15 is 0 Å². The molecule has 3 aromatic rings. The number of hydrogen-bond donors (Lipinski definition) is 0. The van der Waals surface area contributed by atoms with Crippen LogP contribution < -0.4 is 16.0 Å². The van der Waals surface area contributed by atoms with Crippen LogP contribution in [0.4, 0.5) is 0 Å².